The van der Waals surface area contributed by atoms with E-state index >= 15 is 0 Å². The largest absolute Gasteiger partial charge is 0.497 e. The molecule has 0 atom stereocenters. The minimum atomic E-state index is -0.379. The van der Waals surface area contributed by atoms with E-state index in [1.807, 2.05) is 6.07 Å². The van der Waals surface area contributed by atoms with Gasteiger partial charge in [0.1, 0.15) is 5.75 Å². The molecule has 0 spiro atoms. The molecule has 0 saturated heterocycles. The van der Waals surface area contributed by atoms with Crippen molar-refractivity contribution in [2.45, 2.75) is 0 Å². The summed E-state index contributed by atoms with van der Waals surface area (Å²) in [5, 5.41) is 8.40. The third-order valence-corrected chi connectivity index (χ3v) is 5.21. The first kappa shape index (κ1) is 23.3. The Kier molecular flexibility index (Phi) is 7.18. The van der Waals surface area contributed by atoms with Crippen LogP contribution in [0.25, 0.3) is 0 Å². The molecule has 0 bridgehead atoms. The summed E-state index contributed by atoms with van der Waals surface area (Å²) in [5.74, 6) is -0.290. The number of carbonyl (C=O) groups is 3. The zero-order chi connectivity index (χ0) is 24.6. The molecule has 0 aromatic heterocycles. The molecule has 0 radical (unpaired) electrons. The zero-order valence-corrected chi connectivity index (χ0v) is 18.9. The third-order valence-electron chi connectivity index (χ3n) is 5.21. The van der Waals surface area contributed by atoms with Crippen molar-refractivity contribution >= 4 is 34.8 Å². The molecule has 174 valence electrons. The molecule has 0 aliphatic carbocycles. The van der Waals surface area contributed by atoms with E-state index in [1.54, 1.807) is 104 Å². The molecule has 0 saturated carbocycles. The van der Waals surface area contributed by atoms with Crippen LogP contribution in [0.3, 0.4) is 0 Å². The Balaban J connectivity index is 1.42. The number of ether oxygens (including phenoxy) is 1. The lowest BCUT2D eigenvalue weighted by atomic mass is 10.1. The summed E-state index contributed by atoms with van der Waals surface area (Å²) in [4.78, 5) is 38.0. The van der Waals surface area contributed by atoms with E-state index in [4.69, 9.17) is 4.74 Å². The van der Waals surface area contributed by atoms with E-state index in [1.165, 1.54) is 0 Å². The first-order chi connectivity index (χ1) is 17.0. The van der Waals surface area contributed by atoms with Gasteiger partial charge in [0.05, 0.1) is 18.4 Å². The number of nitrogens with one attached hydrogen (secondary N) is 3. The van der Waals surface area contributed by atoms with Crippen molar-refractivity contribution in [3.63, 3.8) is 0 Å². The molecule has 3 N–H and O–H groups in total. The monoisotopic (exact) mass is 465 g/mol. The van der Waals surface area contributed by atoms with Crippen LogP contribution in [0.4, 0.5) is 17.1 Å². The fourth-order valence-corrected chi connectivity index (χ4v) is 3.36. The van der Waals surface area contributed by atoms with Crippen molar-refractivity contribution in [3.05, 3.63) is 120 Å². The number of methoxy groups -OCH3 is 1. The number of para-hydroxylation sites is 1. The average Bonchev–Trinajstić information content (AvgIpc) is 2.90. The van der Waals surface area contributed by atoms with Crippen molar-refractivity contribution < 1.29 is 19.1 Å². The van der Waals surface area contributed by atoms with Gasteiger partial charge in [-0.25, -0.2) is 0 Å². The summed E-state index contributed by atoms with van der Waals surface area (Å²) < 4.78 is 5.13. The summed E-state index contributed by atoms with van der Waals surface area (Å²) in [7, 11) is 1.57. The first-order valence-corrected chi connectivity index (χ1v) is 10.9. The molecule has 4 aromatic rings. The lowest BCUT2D eigenvalue weighted by Crippen LogP contribution is -2.18. The van der Waals surface area contributed by atoms with Crippen LogP contribution in [-0.4, -0.2) is 24.8 Å². The van der Waals surface area contributed by atoms with Gasteiger partial charge in [-0.3, -0.25) is 14.4 Å². The Labute approximate surface area is 202 Å². The van der Waals surface area contributed by atoms with Crippen LogP contribution in [0.1, 0.15) is 31.1 Å². The van der Waals surface area contributed by atoms with E-state index in [-0.39, 0.29) is 17.7 Å². The van der Waals surface area contributed by atoms with Crippen molar-refractivity contribution in [1.82, 2.24) is 0 Å². The van der Waals surface area contributed by atoms with Gasteiger partial charge in [0.15, 0.2) is 0 Å². The van der Waals surface area contributed by atoms with Crippen LogP contribution >= 0.6 is 0 Å². The number of hydrogen-bond acceptors (Lipinski definition) is 4. The molecule has 0 fully saturated rings. The molecule has 4 rings (SSSR count). The zero-order valence-electron chi connectivity index (χ0n) is 18.9. The van der Waals surface area contributed by atoms with Gasteiger partial charge >= 0.3 is 0 Å². The predicted octanol–water partition coefficient (Wildman–Crippen LogP) is 5.45. The molecule has 35 heavy (non-hydrogen) atoms. The minimum Gasteiger partial charge on any atom is -0.497 e. The van der Waals surface area contributed by atoms with Crippen molar-refractivity contribution in [2.24, 2.45) is 0 Å². The molecule has 7 heteroatoms. The number of hydrogen-bond donors (Lipinski definition) is 3. The van der Waals surface area contributed by atoms with Crippen LogP contribution in [0.2, 0.25) is 0 Å². The van der Waals surface area contributed by atoms with Crippen LogP contribution in [0.5, 0.6) is 5.75 Å². The maximum absolute atomic E-state index is 12.8. The number of anilines is 3. The smallest absolute Gasteiger partial charge is 0.257 e. The second-order valence-corrected chi connectivity index (χ2v) is 7.58. The topological polar surface area (TPSA) is 96.5 Å². The number of amides is 3. The maximum Gasteiger partial charge on any atom is 0.257 e. The highest BCUT2D eigenvalue weighted by molar-refractivity contribution is 6.12. The standard InChI is InChI=1S/C28H23N3O4/c1-35-23-17-15-22(16-18-23)30-28(34)24-9-5-6-10-25(24)31-27(33)20-11-13-21(14-12-20)29-26(32)19-7-3-2-4-8-19/h2-18H,1H3,(H,29,32)(H,30,34)(H,31,33). The van der Waals surface area contributed by atoms with E-state index in [2.05, 4.69) is 16.0 Å². The Hall–Kier alpha value is -4.91. The lowest BCUT2D eigenvalue weighted by Gasteiger charge is -2.12. The summed E-state index contributed by atoms with van der Waals surface area (Å²) in [5.41, 5.74) is 2.79. The maximum atomic E-state index is 12.8. The Morgan fingerprint density at radius 1 is 0.543 bits per heavy atom. The van der Waals surface area contributed by atoms with Gasteiger partial charge in [-0.2, -0.15) is 0 Å². The average molecular weight is 466 g/mol. The lowest BCUT2D eigenvalue weighted by molar-refractivity contribution is 0.101. The van der Waals surface area contributed by atoms with Gasteiger partial charge in [0.2, 0.25) is 0 Å². The van der Waals surface area contributed by atoms with Crippen LogP contribution in [0, 0.1) is 0 Å². The van der Waals surface area contributed by atoms with Gasteiger partial charge in [-0.1, -0.05) is 30.3 Å². The molecule has 0 aliphatic rings. The fourth-order valence-electron chi connectivity index (χ4n) is 3.36. The molecule has 0 aliphatic heterocycles. The van der Waals surface area contributed by atoms with E-state index in [0.29, 0.717) is 39.5 Å². The van der Waals surface area contributed by atoms with E-state index in [0.717, 1.165) is 0 Å². The van der Waals surface area contributed by atoms with Gasteiger partial charge < -0.3 is 20.7 Å². The molecular formula is C28H23N3O4. The van der Waals surface area contributed by atoms with Crippen molar-refractivity contribution in [3.8, 4) is 5.75 Å². The molecular weight excluding hydrogens is 442 g/mol. The van der Waals surface area contributed by atoms with Crippen molar-refractivity contribution in [2.75, 3.05) is 23.1 Å². The predicted molar refractivity (Wildman–Crippen MR) is 136 cm³/mol. The van der Waals surface area contributed by atoms with Crippen LogP contribution in [0.15, 0.2) is 103 Å². The van der Waals surface area contributed by atoms with Crippen molar-refractivity contribution in [1.29, 1.82) is 0 Å². The second kappa shape index (κ2) is 10.8. The highest BCUT2D eigenvalue weighted by Gasteiger charge is 2.15. The van der Waals surface area contributed by atoms with E-state index < -0.39 is 0 Å². The summed E-state index contributed by atoms with van der Waals surface area (Å²) in [6.45, 7) is 0. The minimum absolute atomic E-state index is 0.236. The first-order valence-electron chi connectivity index (χ1n) is 10.9. The summed E-state index contributed by atoms with van der Waals surface area (Å²) in [6, 6.07) is 29.1. The number of carbonyl (C=O) groups excluding carboxylic acids is 3. The number of benzene rings is 4. The fraction of sp³-hybridized carbons (Fsp3) is 0.0357. The SMILES string of the molecule is COc1ccc(NC(=O)c2ccccc2NC(=O)c2ccc(NC(=O)c3ccccc3)cc2)cc1. The number of rotatable bonds is 7. The molecule has 3 amide bonds. The third kappa shape index (κ3) is 5.91. The Morgan fingerprint density at radius 3 is 1.71 bits per heavy atom. The highest BCUT2D eigenvalue weighted by Crippen LogP contribution is 2.21. The van der Waals surface area contributed by atoms with E-state index in [9.17, 15) is 14.4 Å². The molecule has 7 nitrogen and oxygen atoms in total. The van der Waals surface area contributed by atoms with Gasteiger partial charge in [-0.15, -0.1) is 0 Å². The molecule has 4 aromatic carbocycles. The Bertz CT molecular complexity index is 1340. The van der Waals surface area contributed by atoms with Crippen LogP contribution < -0.4 is 20.7 Å². The highest BCUT2D eigenvalue weighted by atomic mass is 16.5. The summed E-state index contributed by atoms with van der Waals surface area (Å²) >= 11 is 0. The molecule has 0 heterocycles. The second-order valence-electron chi connectivity index (χ2n) is 7.58. The normalized spacial score (nSPS) is 10.2. The van der Waals surface area contributed by atoms with Crippen LogP contribution in [-0.2, 0) is 0 Å². The van der Waals surface area contributed by atoms with Gasteiger partial charge in [0, 0.05) is 22.5 Å². The Morgan fingerprint density at radius 2 is 1.06 bits per heavy atom. The van der Waals surface area contributed by atoms with Gasteiger partial charge in [0.25, 0.3) is 17.7 Å². The summed E-state index contributed by atoms with van der Waals surface area (Å²) in [6.07, 6.45) is 0. The quantitative estimate of drug-likeness (QED) is 0.338. The van der Waals surface area contributed by atoms with Gasteiger partial charge in [-0.05, 0) is 72.8 Å². The molecule has 0 unspecified atom stereocenters.